The van der Waals surface area contributed by atoms with E-state index in [2.05, 4.69) is 10.1 Å². The number of ketones is 1. The first-order valence-corrected chi connectivity index (χ1v) is 10.5. The molecule has 168 valence electrons. The van der Waals surface area contributed by atoms with Crippen LogP contribution in [0.25, 0.3) is 0 Å². The number of benzene rings is 1. The molecule has 3 aromatic rings. The Morgan fingerprint density at radius 1 is 1.28 bits per heavy atom. The molecule has 4 rings (SSSR count). The highest BCUT2D eigenvalue weighted by Gasteiger charge is 2.32. The highest BCUT2D eigenvalue weighted by Crippen LogP contribution is 2.36. The summed E-state index contributed by atoms with van der Waals surface area (Å²) in [5.74, 6) is -0.561. The van der Waals surface area contributed by atoms with E-state index in [4.69, 9.17) is 9.26 Å². The number of carbonyl (C=O) groups excluding carboxylic acids is 1. The highest BCUT2D eigenvalue weighted by molar-refractivity contribution is 5.98. The van der Waals surface area contributed by atoms with Gasteiger partial charge in [0, 0.05) is 39.3 Å². The van der Waals surface area contributed by atoms with E-state index < -0.39 is 17.1 Å². The Morgan fingerprint density at radius 2 is 2.00 bits per heavy atom. The third-order valence-corrected chi connectivity index (χ3v) is 5.94. The average Bonchev–Trinajstić information content (AvgIpc) is 3.32. The van der Waals surface area contributed by atoms with Gasteiger partial charge in [0.1, 0.15) is 6.26 Å². The maximum absolute atomic E-state index is 12.8. The normalized spacial score (nSPS) is 15.4. The van der Waals surface area contributed by atoms with Crippen molar-refractivity contribution >= 4 is 11.7 Å². The van der Waals surface area contributed by atoms with Gasteiger partial charge in [0.2, 0.25) is 11.7 Å². The van der Waals surface area contributed by atoms with Crippen molar-refractivity contribution in [2.45, 2.75) is 25.3 Å². The molecule has 9 nitrogen and oxygen atoms in total. The summed E-state index contributed by atoms with van der Waals surface area (Å²) in [5, 5.41) is 14.0. The van der Waals surface area contributed by atoms with Gasteiger partial charge in [0.05, 0.1) is 12.2 Å². The number of carbonyl (C=O) groups is 1. The van der Waals surface area contributed by atoms with Gasteiger partial charge in [-0.3, -0.25) is 14.2 Å². The fourth-order valence-electron chi connectivity index (χ4n) is 4.29. The summed E-state index contributed by atoms with van der Waals surface area (Å²) < 4.78 is 11.6. The minimum absolute atomic E-state index is 0.0798. The van der Waals surface area contributed by atoms with Gasteiger partial charge in [0.25, 0.3) is 5.56 Å². The Balaban J connectivity index is 1.75. The first-order valence-electron chi connectivity index (χ1n) is 10.5. The molecule has 0 saturated carbocycles. The zero-order valence-corrected chi connectivity index (χ0v) is 18.1. The van der Waals surface area contributed by atoms with Gasteiger partial charge in [-0.2, -0.15) is 0 Å². The predicted molar refractivity (Wildman–Crippen MR) is 117 cm³/mol. The van der Waals surface area contributed by atoms with Crippen molar-refractivity contribution in [1.29, 1.82) is 0 Å². The Bertz CT molecular complexity index is 1120. The minimum Gasteiger partial charge on any atom is -0.501 e. The third kappa shape index (κ3) is 4.29. The zero-order valence-electron chi connectivity index (χ0n) is 18.1. The van der Waals surface area contributed by atoms with Crippen molar-refractivity contribution in [2.75, 3.05) is 25.2 Å². The van der Waals surface area contributed by atoms with Crippen LogP contribution in [0.3, 0.4) is 0 Å². The van der Waals surface area contributed by atoms with Crippen molar-refractivity contribution in [1.82, 2.24) is 14.7 Å². The standard InChI is InChI=1S/C23H26N4O5/c1-26(20(16-6-4-3-5-7-16)17-8-10-31-11-9-17)23-25-19(21(29)22(30)27(23)2)18(28)12-15-13-24-32-14-15/h3-7,13-14,17,20,29H,8-12H2,1-2H3. The lowest BCUT2D eigenvalue weighted by Crippen LogP contribution is -2.38. The van der Waals surface area contributed by atoms with Crippen LogP contribution in [0.5, 0.6) is 5.75 Å². The molecule has 2 aromatic heterocycles. The lowest BCUT2D eigenvalue weighted by Gasteiger charge is -2.38. The maximum atomic E-state index is 12.8. The molecular weight excluding hydrogens is 412 g/mol. The summed E-state index contributed by atoms with van der Waals surface area (Å²) in [4.78, 5) is 32.0. The molecule has 1 unspecified atom stereocenters. The van der Waals surface area contributed by atoms with Crippen LogP contribution >= 0.6 is 0 Å². The third-order valence-electron chi connectivity index (χ3n) is 5.94. The molecule has 1 fully saturated rings. The van der Waals surface area contributed by atoms with E-state index >= 15 is 0 Å². The Kier molecular flexibility index (Phi) is 6.36. The summed E-state index contributed by atoms with van der Waals surface area (Å²) in [7, 11) is 3.40. The fourth-order valence-corrected chi connectivity index (χ4v) is 4.29. The lowest BCUT2D eigenvalue weighted by atomic mass is 9.86. The van der Waals surface area contributed by atoms with Gasteiger partial charge in [0.15, 0.2) is 11.5 Å². The Labute approximate surface area is 185 Å². The SMILES string of the molecule is CN(c1nc(C(=O)Cc2cnoc2)c(O)c(=O)n1C)C(c1ccccc1)C1CCOCC1. The van der Waals surface area contributed by atoms with Crippen LogP contribution in [0.4, 0.5) is 5.95 Å². The molecule has 1 saturated heterocycles. The maximum Gasteiger partial charge on any atom is 0.297 e. The molecule has 1 atom stereocenters. The second kappa shape index (κ2) is 9.35. The van der Waals surface area contributed by atoms with Gasteiger partial charge >= 0.3 is 0 Å². The minimum atomic E-state index is -0.672. The van der Waals surface area contributed by atoms with Gasteiger partial charge in [-0.1, -0.05) is 35.5 Å². The number of ether oxygens (including phenoxy) is 1. The van der Waals surface area contributed by atoms with Crippen molar-refractivity contribution < 1.29 is 19.2 Å². The second-order valence-corrected chi connectivity index (χ2v) is 8.02. The van der Waals surface area contributed by atoms with E-state index in [1.54, 1.807) is 7.05 Å². The molecular formula is C23H26N4O5. The van der Waals surface area contributed by atoms with E-state index in [0.29, 0.717) is 24.7 Å². The topological polar surface area (TPSA) is 111 Å². The van der Waals surface area contributed by atoms with Crippen molar-refractivity contribution in [3.8, 4) is 5.75 Å². The molecule has 0 aliphatic carbocycles. The number of aromatic hydroxyl groups is 1. The van der Waals surface area contributed by atoms with Crippen LogP contribution in [-0.2, 0) is 18.2 Å². The van der Waals surface area contributed by atoms with Crippen LogP contribution in [0.1, 0.15) is 40.5 Å². The van der Waals surface area contributed by atoms with Crippen LogP contribution in [-0.4, -0.2) is 45.9 Å². The first kappa shape index (κ1) is 21.8. The van der Waals surface area contributed by atoms with Gasteiger partial charge in [-0.05, 0) is 24.3 Å². The first-order chi connectivity index (χ1) is 15.5. The number of hydrogen-bond donors (Lipinski definition) is 1. The highest BCUT2D eigenvalue weighted by atomic mass is 16.5. The smallest absolute Gasteiger partial charge is 0.297 e. The predicted octanol–water partition coefficient (Wildman–Crippen LogP) is 2.50. The fraction of sp³-hybridized carbons (Fsp3) is 0.391. The van der Waals surface area contributed by atoms with Crippen LogP contribution < -0.4 is 10.5 Å². The number of rotatable bonds is 7. The number of hydrogen-bond acceptors (Lipinski definition) is 8. The monoisotopic (exact) mass is 438 g/mol. The summed E-state index contributed by atoms with van der Waals surface area (Å²) in [5.41, 5.74) is 0.696. The molecule has 1 N–H and O–H groups in total. The van der Waals surface area contributed by atoms with Crippen molar-refractivity contribution in [3.05, 3.63) is 70.0 Å². The van der Waals surface area contributed by atoms with Crippen LogP contribution in [0.15, 0.2) is 52.1 Å². The number of nitrogens with zero attached hydrogens (tertiary/aromatic N) is 4. The zero-order chi connectivity index (χ0) is 22.7. The molecule has 3 heterocycles. The number of Topliss-reactive ketones (excluding diaryl/α,β-unsaturated/α-hetero) is 1. The number of anilines is 1. The summed E-state index contributed by atoms with van der Waals surface area (Å²) in [6.45, 7) is 1.35. The van der Waals surface area contributed by atoms with E-state index in [1.807, 2.05) is 42.3 Å². The summed E-state index contributed by atoms with van der Waals surface area (Å²) >= 11 is 0. The van der Waals surface area contributed by atoms with Crippen LogP contribution in [0, 0.1) is 5.92 Å². The van der Waals surface area contributed by atoms with E-state index in [0.717, 1.165) is 18.4 Å². The molecule has 1 aromatic carbocycles. The van der Waals surface area contributed by atoms with Crippen LogP contribution in [0.2, 0.25) is 0 Å². The average molecular weight is 438 g/mol. The van der Waals surface area contributed by atoms with E-state index in [1.165, 1.54) is 17.0 Å². The molecule has 9 heteroatoms. The number of aromatic nitrogens is 3. The van der Waals surface area contributed by atoms with E-state index in [-0.39, 0.29) is 24.1 Å². The molecule has 32 heavy (non-hydrogen) atoms. The Hall–Kier alpha value is -3.46. The van der Waals surface area contributed by atoms with Crippen molar-refractivity contribution in [3.63, 3.8) is 0 Å². The lowest BCUT2D eigenvalue weighted by molar-refractivity contribution is 0.0576. The van der Waals surface area contributed by atoms with Gasteiger partial charge in [-0.25, -0.2) is 4.98 Å². The molecule has 0 bridgehead atoms. The largest absolute Gasteiger partial charge is 0.501 e. The molecule has 0 amide bonds. The molecule has 0 radical (unpaired) electrons. The molecule has 0 spiro atoms. The van der Waals surface area contributed by atoms with Gasteiger partial charge < -0.3 is 19.3 Å². The molecule has 1 aliphatic rings. The second-order valence-electron chi connectivity index (χ2n) is 8.02. The summed E-state index contributed by atoms with van der Waals surface area (Å²) in [6.07, 6.45) is 4.42. The van der Waals surface area contributed by atoms with Crippen molar-refractivity contribution in [2.24, 2.45) is 13.0 Å². The van der Waals surface area contributed by atoms with E-state index in [9.17, 15) is 14.7 Å². The summed E-state index contributed by atoms with van der Waals surface area (Å²) in [6, 6.07) is 9.93. The quantitative estimate of drug-likeness (QED) is 0.560. The molecule has 1 aliphatic heterocycles. The Morgan fingerprint density at radius 3 is 2.66 bits per heavy atom. The van der Waals surface area contributed by atoms with Gasteiger partial charge in [-0.15, -0.1) is 0 Å².